The van der Waals surface area contributed by atoms with Gasteiger partial charge in [0.05, 0.1) is 26.4 Å². The minimum Gasteiger partial charge on any atom is -0.404 e. The van der Waals surface area contributed by atoms with E-state index in [9.17, 15) is 9.13 Å². The summed E-state index contributed by atoms with van der Waals surface area (Å²) in [5.74, 6) is 0.431. The molecule has 0 saturated heterocycles. The fraction of sp³-hybridized carbons (Fsp3) is 0.727. The van der Waals surface area contributed by atoms with Crippen molar-refractivity contribution in [3.8, 4) is 11.5 Å². The lowest BCUT2D eigenvalue weighted by molar-refractivity contribution is 0.151. The van der Waals surface area contributed by atoms with Crippen LogP contribution in [0.3, 0.4) is 0 Å². The summed E-state index contributed by atoms with van der Waals surface area (Å²) in [7, 11) is -7.60. The topological polar surface area (TPSA) is 89.5 Å². The van der Waals surface area contributed by atoms with Crippen molar-refractivity contribution in [2.45, 2.75) is 79.1 Å². The zero-order chi connectivity index (χ0) is 23.7. The van der Waals surface area contributed by atoms with Gasteiger partial charge in [0.1, 0.15) is 11.5 Å². The number of benzene rings is 1. The minimum absolute atomic E-state index is 0.215. The van der Waals surface area contributed by atoms with Crippen molar-refractivity contribution in [2.24, 2.45) is 0 Å². The second-order valence-corrected chi connectivity index (χ2v) is 10.5. The van der Waals surface area contributed by atoms with Crippen molar-refractivity contribution in [1.82, 2.24) is 0 Å². The molecule has 0 aliphatic heterocycles. The van der Waals surface area contributed by atoms with Crippen molar-refractivity contribution in [1.29, 1.82) is 0 Å². The van der Waals surface area contributed by atoms with Crippen LogP contribution in [0.5, 0.6) is 11.5 Å². The van der Waals surface area contributed by atoms with Crippen LogP contribution in [0.1, 0.15) is 79.1 Å². The molecule has 0 N–H and O–H groups in total. The highest BCUT2D eigenvalue weighted by Gasteiger charge is 2.30. The van der Waals surface area contributed by atoms with Crippen LogP contribution >= 0.6 is 15.6 Å². The molecular weight excluding hydrogens is 454 g/mol. The Hall–Kier alpha value is -0.880. The summed E-state index contributed by atoms with van der Waals surface area (Å²) < 4.78 is 59.2. The van der Waals surface area contributed by atoms with Gasteiger partial charge in [-0.05, 0) is 37.8 Å². The van der Waals surface area contributed by atoms with E-state index in [0.29, 0.717) is 0 Å². The molecule has 0 saturated carbocycles. The predicted octanol–water partition coefficient (Wildman–Crippen LogP) is 7.93. The Morgan fingerprint density at radius 2 is 0.906 bits per heavy atom. The average molecular weight is 495 g/mol. The minimum atomic E-state index is -3.80. The number of phosphoric acid groups is 2. The van der Waals surface area contributed by atoms with Gasteiger partial charge < -0.3 is 9.05 Å². The quantitative estimate of drug-likeness (QED) is 0.133. The molecule has 0 amide bonds. The molecule has 0 unspecified atom stereocenters. The Kier molecular flexibility index (Phi) is 15.2. The van der Waals surface area contributed by atoms with E-state index in [0.717, 1.165) is 51.4 Å². The fourth-order valence-electron chi connectivity index (χ4n) is 2.31. The van der Waals surface area contributed by atoms with E-state index in [1.165, 1.54) is 6.07 Å². The van der Waals surface area contributed by atoms with E-state index in [1.54, 1.807) is 18.2 Å². The SMILES string of the molecule is CCCCOP(=O)(OCCCC)Oc1cccc(OP(=O)(OCCCC)OCCCC)c1. The van der Waals surface area contributed by atoms with Gasteiger partial charge in [-0.3, -0.25) is 18.1 Å². The molecule has 8 nitrogen and oxygen atoms in total. The second kappa shape index (κ2) is 16.7. The van der Waals surface area contributed by atoms with E-state index in [2.05, 4.69) is 0 Å². The van der Waals surface area contributed by atoms with Crippen LogP contribution in [0.4, 0.5) is 0 Å². The van der Waals surface area contributed by atoms with Crippen LogP contribution in [0, 0.1) is 0 Å². The number of rotatable bonds is 20. The van der Waals surface area contributed by atoms with Crippen LogP contribution in [0.2, 0.25) is 0 Å². The molecule has 1 aromatic carbocycles. The molecular formula is C22H40O8P2. The molecule has 0 aromatic heterocycles. The number of unbranched alkanes of at least 4 members (excludes halogenated alkanes) is 4. The summed E-state index contributed by atoms with van der Waals surface area (Å²) in [5, 5.41) is 0. The van der Waals surface area contributed by atoms with Gasteiger partial charge in [-0.2, -0.15) is 0 Å². The average Bonchev–Trinajstić information content (AvgIpc) is 2.75. The first-order valence-electron chi connectivity index (χ1n) is 11.7. The monoisotopic (exact) mass is 494 g/mol. The number of hydrogen-bond acceptors (Lipinski definition) is 8. The zero-order valence-electron chi connectivity index (χ0n) is 20.0. The van der Waals surface area contributed by atoms with Crippen molar-refractivity contribution in [3.05, 3.63) is 24.3 Å². The highest BCUT2D eigenvalue weighted by Crippen LogP contribution is 2.52. The van der Waals surface area contributed by atoms with Crippen molar-refractivity contribution in [2.75, 3.05) is 26.4 Å². The molecule has 1 rings (SSSR count). The summed E-state index contributed by atoms with van der Waals surface area (Å²) >= 11 is 0. The summed E-state index contributed by atoms with van der Waals surface area (Å²) in [6, 6.07) is 6.31. The molecule has 10 heteroatoms. The molecule has 32 heavy (non-hydrogen) atoms. The first-order chi connectivity index (χ1) is 15.4. The highest BCUT2D eigenvalue weighted by molar-refractivity contribution is 7.49. The normalized spacial score (nSPS) is 12.1. The van der Waals surface area contributed by atoms with Gasteiger partial charge in [0.2, 0.25) is 0 Å². The third-order valence-corrected chi connectivity index (χ3v) is 7.09. The Bertz CT molecular complexity index is 630. The lowest BCUT2D eigenvalue weighted by Crippen LogP contribution is -2.06. The maximum atomic E-state index is 13.1. The second-order valence-electron chi connectivity index (χ2n) is 7.30. The van der Waals surface area contributed by atoms with Gasteiger partial charge in [-0.25, -0.2) is 9.13 Å². The Morgan fingerprint density at radius 3 is 1.19 bits per heavy atom. The summed E-state index contributed by atoms with van der Waals surface area (Å²) in [6.07, 6.45) is 6.52. The molecule has 0 spiro atoms. The molecule has 0 bridgehead atoms. The Labute approximate surface area is 193 Å². The van der Waals surface area contributed by atoms with Crippen LogP contribution in [0.25, 0.3) is 0 Å². The molecule has 0 aliphatic rings. The molecule has 186 valence electrons. The van der Waals surface area contributed by atoms with Crippen LogP contribution < -0.4 is 9.05 Å². The smallest absolute Gasteiger partial charge is 0.404 e. The zero-order valence-corrected chi connectivity index (χ0v) is 21.7. The van der Waals surface area contributed by atoms with Crippen molar-refractivity contribution in [3.63, 3.8) is 0 Å². The van der Waals surface area contributed by atoms with Crippen molar-refractivity contribution >= 4 is 15.6 Å². The third-order valence-electron chi connectivity index (χ3n) is 4.23. The van der Waals surface area contributed by atoms with Gasteiger partial charge >= 0.3 is 15.6 Å². The van der Waals surface area contributed by atoms with Gasteiger partial charge in [-0.15, -0.1) is 0 Å². The molecule has 0 heterocycles. The summed E-state index contributed by atoms with van der Waals surface area (Å²) in [4.78, 5) is 0. The number of hydrogen-bond donors (Lipinski definition) is 0. The van der Waals surface area contributed by atoms with E-state index in [1.807, 2.05) is 27.7 Å². The first kappa shape index (κ1) is 29.2. The highest BCUT2D eigenvalue weighted by atomic mass is 31.2. The van der Waals surface area contributed by atoms with Crippen LogP contribution in [-0.4, -0.2) is 26.4 Å². The van der Waals surface area contributed by atoms with Crippen LogP contribution in [0.15, 0.2) is 24.3 Å². The Morgan fingerprint density at radius 1 is 0.594 bits per heavy atom. The van der Waals surface area contributed by atoms with Gasteiger partial charge in [0, 0.05) is 6.07 Å². The Balaban J connectivity index is 2.91. The van der Waals surface area contributed by atoms with Crippen LogP contribution in [-0.2, 0) is 27.2 Å². The maximum absolute atomic E-state index is 13.1. The van der Waals surface area contributed by atoms with E-state index in [-0.39, 0.29) is 37.9 Å². The fourth-order valence-corrected chi connectivity index (χ4v) is 4.82. The van der Waals surface area contributed by atoms with E-state index < -0.39 is 15.6 Å². The van der Waals surface area contributed by atoms with E-state index in [4.69, 9.17) is 27.1 Å². The standard InChI is InChI=1S/C22H40O8P2/c1-5-9-16-25-31(23,26-17-10-6-2)29-21-14-13-15-22(20-21)30-32(24,27-18-11-7-3)28-19-12-8-4/h13-15,20H,5-12,16-19H2,1-4H3. The molecule has 0 aliphatic carbocycles. The number of phosphoric ester groups is 2. The molecule has 0 atom stereocenters. The lowest BCUT2D eigenvalue weighted by atomic mass is 10.3. The molecule has 0 radical (unpaired) electrons. The summed E-state index contributed by atoms with van der Waals surface area (Å²) in [6.45, 7) is 9.11. The van der Waals surface area contributed by atoms with Crippen molar-refractivity contribution < 1.29 is 36.3 Å². The van der Waals surface area contributed by atoms with Gasteiger partial charge in [0.25, 0.3) is 0 Å². The molecule has 1 aromatic rings. The maximum Gasteiger partial charge on any atom is 0.530 e. The third kappa shape index (κ3) is 12.4. The van der Waals surface area contributed by atoms with Gasteiger partial charge in [-0.1, -0.05) is 59.4 Å². The predicted molar refractivity (Wildman–Crippen MR) is 126 cm³/mol. The van der Waals surface area contributed by atoms with E-state index >= 15 is 0 Å². The lowest BCUT2D eigenvalue weighted by Gasteiger charge is -2.20. The summed E-state index contributed by atoms with van der Waals surface area (Å²) in [5.41, 5.74) is 0. The largest absolute Gasteiger partial charge is 0.530 e. The molecule has 0 fully saturated rings. The first-order valence-corrected chi connectivity index (χ1v) is 14.6. The van der Waals surface area contributed by atoms with Gasteiger partial charge in [0.15, 0.2) is 0 Å².